The summed E-state index contributed by atoms with van der Waals surface area (Å²) >= 11 is 0. The minimum Gasteiger partial charge on any atom is -0.388 e. The van der Waals surface area contributed by atoms with Crippen molar-refractivity contribution in [1.82, 2.24) is 4.90 Å². The van der Waals surface area contributed by atoms with Gasteiger partial charge in [-0.3, -0.25) is 10.3 Å². The fourth-order valence-corrected chi connectivity index (χ4v) is 2.86. The molecule has 16 heavy (non-hydrogen) atoms. The maximum absolute atomic E-state index is 7.42. The van der Waals surface area contributed by atoms with Gasteiger partial charge in [0.05, 0.1) is 18.0 Å². The van der Waals surface area contributed by atoms with Crippen molar-refractivity contribution in [3.05, 3.63) is 0 Å². The first-order valence-electron chi connectivity index (χ1n) is 6.20. The highest BCUT2D eigenvalue weighted by atomic mass is 16.5. The van der Waals surface area contributed by atoms with Crippen LogP contribution < -0.4 is 5.73 Å². The summed E-state index contributed by atoms with van der Waals surface area (Å²) in [6.07, 6.45) is 3.89. The fourth-order valence-electron chi connectivity index (χ4n) is 2.86. The second kappa shape index (κ2) is 4.34. The van der Waals surface area contributed by atoms with Gasteiger partial charge in [-0.25, -0.2) is 0 Å². The van der Waals surface area contributed by atoms with E-state index in [1.807, 2.05) is 0 Å². The molecular weight excluding hydrogens is 202 g/mol. The quantitative estimate of drug-likeness (QED) is 0.558. The van der Waals surface area contributed by atoms with E-state index in [0.29, 0.717) is 23.5 Å². The lowest BCUT2D eigenvalue weighted by Gasteiger charge is -2.37. The van der Waals surface area contributed by atoms with Crippen molar-refractivity contribution >= 4 is 5.84 Å². The molecule has 0 radical (unpaired) electrons. The second-order valence-electron chi connectivity index (χ2n) is 5.65. The van der Waals surface area contributed by atoms with Crippen LogP contribution in [0, 0.1) is 10.8 Å². The standard InChI is InChI=1S/C12H23N3O/c1-9-6-15(7-10(2)16-9)8-12(3-4-12)5-11(13)14/h9-10H,3-8H2,1-2H3,(H3,13,14)/t9-,10+. The molecule has 0 bridgehead atoms. The fraction of sp³-hybridized carbons (Fsp3) is 0.917. The van der Waals surface area contributed by atoms with E-state index in [-0.39, 0.29) is 0 Å². The molecule has 1 heterocycles. The molecule has 0 aromatic rings. The molecule has 4 nitrogen and oxygen atoms in total. The van der Waals surface area contributed by atoms with Crippen LogP contribution in [0.3, 0.4) is 0 Å². The highest BCUT2D eigenvalue weighted by molar-refractivity contribution is 5.78. The third-order valence-electron chi connectivity index (χ3n) is 3.58. The molecule has 1 saturated carbocycles. The normalized spacial score (nSPS) is 33.6. The number of rotatable bonds is 4. The number of amidine groups is 1. The van der Waals surface area contributed by atoms with Crippen LogP contribution in [0.1, 0.15) is 33.1 Å². The van der Waals surface area contributed by atoms with Gasteiger partial charge in [0.1, 0.15) is 0 Å². The summed E-state index contributed by atoms with van der Waals surface area (Å²) in [4.78, 5) is 2.48. The Morgan fingerprint density at radius 2 is 1.94 bits per heavy atom. The van der Waals surface area contributed by atoms with Gasteiger partial charge in [0, 0.05) is 26.1 Å². The van der Waals surface area contributed by atoms with Crippen molar-refractivity contribution in [2.75, 3.05) is 19.6 Å². The van der Waals surface area contributed by atoms with Gasteiger partial charge < -0.3 is 10.5 Å². The van der Waals surface area contributed by atoms with E-state index in [1.54, 1.807) is 0 Å². The maximum atomic E-state index is 7.42. The lowest BCUT2D eigenvalue weighted by Crippen LogP contribution is -2.47. The molecule has 2 rings (SSSR count). The Kier molecular flexibility index (Phi) is 3.22. The lowest BCUT2D eigenvalue weighted by atomic mass is 10.0. The summed E-state index contributed by atoms with van der Waals surface area (Å²) in [5.74, 6) is 0.340. The number of ether oxygens (including phenoxy) is 1. The van der Waals surface area contributed by atoms with Gasteiger partial charge in [0.15, 0.2) is 0 Å². The number of nitrogens with two attached hydrogens (primary N) is 1. The van der Waals surface area contributed by atoms with Crippen molar-refractivity contribution in [2.24, 2.45) is 11.1 Å². The molecule has 1 aliphatic carbocycles. The van der Waals surface area contributed by atoms with E-state index in [9.17, 15) is 0 Å². The van der Waals surface area contributed by atoms with Crippen LogP contribution in [0.2, 0.25) is 0 Å². The first kappa shape index (κ1) is 11.9. The Balaban J connectivity index is 1.87. The average molecular weight is 225 g/mol. The van der Waals surface area contributed by atoms with Crippen LogP contribution in [-0.2, 0) is 4.74 Å². The van der Waals surface area contributed by atoms with Gasteiger partial charge in [-0.05, 0) is 32.1 Å². The van der Waals surface area contributed by atoms with E-state index in [4.69, 9.17) is 15.9 Å². The van der Waals surface area contributed by atoms with Crippen molar-refractivity contribution in [1.29, 1.82) is 5.41 Å². The molecule has 92 valence electrons. The predicted octanol–water partition coefficient (Wildman–Crippen LogP) is 1.20. The number of nitrogens with zero attached hydrogens (tertiary/aromatic N) is 1. The van der Waals surface area contributed by atoms with Crippen LogP contribution in [0.4, 0.5) is 0 Å². The van der Waals surface area contributed by atoms with Gasteiger partial charge in [-0.2, -0.15) is 0 Å². The van der Waals surface area contributed by atoms with Crippen molar-refractivity contribution < 1.29 is 4.74 Å². The smallest absolute Gasteiger partial charge is 0.0911 e. The van der Waals surface area contributed by atoms with E-state index >= 15 is 0 Å². The number of morpholine rings is 1. The molecule has 0 aromatic heterocycles. The molecule has 1 saturated heterocycles. The van der Waals surface area contributed by atoms with Crippen LogP contribution in [0.15, 0.2) is 0 Å². The van der Waals surface area contributed by atoms with E-state index in [2.05, 4.69) is 18.7 Å². The van der Waals surface area contributed by atoms with Gasteiger partial charge in [0.2, 0.25) is 0 Å². The van der Waals surface area contributed by atoms with Crippen LogP contribution in [-0.4, -0.2) is 42.6 Å². The third-order valence-corrected chi connectivity index (χ3v) is 3.58. The highest BCUT2D eigenvalue weighted by Gasteiger charge is 2.44. The summed E-state index contributed by atoms with van der Waals surface area (Å²) < 4.78 is 5.72. The van der Waals surface area contributed by atoms with Crippen molar-refractivity contribution in [3.8, 4) is 0 Å². The summed E-state index contributed by atoms with van der Waals surface area (Å²) in [6.45, 7) is 7.39. The second-order valence-corrected chi connectivity index (χ2v) is 5.65. The third kappa shape index (κ3) is 2.95. The van der Waals surface area contributed by atoms with E-state index in [1.165, 1.54) is 12.8 Å². The molecule has 0 unspecified atom stereocenters. The molecule has 0 amide bonds. The molecular formula is C12H23N3O. The van der Waals surface area contributed by atoms with Crippen molar-refractivity contribution in [3.63, 3.8) is 0 Å². The largest absolute Gasteiger partial charge is 0.388 e. The van der Waals surface area contributed by atoms with Gasteiger partial charge >= 0.3 is 0 Å². The van der Waals surface area contributed by atoms with Crippen LogP contribution >= 0.6 is 0 Å². The zero-order chi connectivity index (χ0) is 11.8. The Bertz CT molecular complexity index is 265. The monoisotopic (exact) mass is 225 g/mol. The van der Waals surface area contributed by atoms with Crippen LogP contribution in [0.5, 0.6) is 0 Å². The van der Waals surface area contributed by atoms with E-state index in [0.717, 1.165) is 26.1 Å². The highest BCUT2D eigenvalue weighted by Crippen LogP contribution is 2.49. The van der Waals surface area contributed by atoms with Gasteiger partial charge in [0.25, 0.3) is 0 Å². The Hall–Kier alpha value is -0.610. The molecule has 4 heteroatoms. The molecule has 0 spiro atoms. The maximum Gasteiger partial charge on any atom is 0.0911 e. The Morgan fingerprint density at radius 3 is 2.38 bits per heavy atom. The average Bonchev–Trinajstić information content (AvgIpc) is 2.80. The SMILES string of the molecule is C[C@@H]1CN(CC2(CC(=N)N)CC2)C[C@H](C)O1. The molecule has 0 aromatic carbocycles. The molecule has 3 N–H and O–H groups in total. The Labute approximate surface area is 97.6 Å². The number of nitrogens with one attached hydrogen (secondary N) is 1. The zero-order valence-electron chi connectivity index (χ0n) is 10.3. The summed E-state index contributed by atoms with van der Waals surface area (Å²) in [5, 5.41) is 7.42. The first-order chi connectivity index (χ1) is 7.49. The molecule has 1 aliphatic heterocycles. The zero-order valence-corrected chi connectivity index (χ0v) is 10.3. The van der Waals surface area contributed by atoms with Crippen molar-refractivity contribution in [2.45, 2.75) is 45.3 Å². The van der Waals surface area contributed by atoms with Crippen LogP contribution in [0.25, 0.3) is 0 Å². The van der Waals surface area contributed by atoms with Gasteiger partial charge in [-0.1, -0.05) is 0 Å². The Morgan fingerprint density at radius 1 is 1.38 bits per heavy atom. The summed E-state index contributed by atoms with van der Waals surface area (Å²) in [5.41, 5.74) is 5.84. The topological polar surface area (TPSA) is 62.3 Å². The van der Waals surface area contributed by atoms with E-state index < -0.39 is 0 Å². The van der Waals surface area contributed by atoms with Gasteiger partial charge in [-0.15, -0.1) is 0 Å². The minimum atomic E-state index is 0.322. The predicted molar refractivity (Wildman–Crippen MR) is 64.6 cm³/mol. The molecule has 2 atom stereocenters. The number of hydrogen-bond acceptors (Lipinski definition) is 3. The molecule has 2 aliphatic rings. The summed E-state index contributed by atoms with van der Waals surface area (Å²) in [7, 11) is 0. The molecule has 2 fully saturated rings. The lowest BCUT2D eigenvalue weighted by molar-refractivity contribution is -0.0723. The first-order valence-corrected chi connectivity index (χ1v) is 6.20. The number of hydrogen-bond donors (Lipinski definition) is 2. The summed E-state index contributed by atoms with van der Waals surface area (Å²) in [6, 6.07) is 0. The minimum absolute atomic E-state index is 0.322.